The molecule has 6 nitrogen and oxygen atoms in total. The van der Waals surface area contributed by atoms with Crippen molar-refractivity contribution in [2.24, 2.45) is 0 Å². The van der Waals surface area contributed by atoms with Crippen molar-refractivity contribution >= 4 is 11.9 Å². The summed E-state index contributed by atoms with van der Waals surface area (Å²) >= 11 is 0. The molecule has 0 saturated heterocycles. The van der Waals surface area contributed by atoms with E-state index in [9.17, 15) is 9.59 Å². The summed E-state index contributed by atoms with van der Waals surface area (Å²) in [6, 6.07) is 7.44. The van der Waals surface area contributed by atoms with E-state index in [1.54, 1.807) is 12.1 Å². The highest BCUT2D eigenvalue weighted by Crippen LogP contribution is 2.24. The Labute approximate surface area is 140 Å². The normalized spacial score (nSPS) is 10.3. The van der Waals surface area contributed by atoms with Crippen LogP contribution < -0.4 is 10.1 Å². The molecule has 128 valence electrons. The fourth-order valence-electron chi connectivity index (χ4n) is 2.36. The Morgan fingerprint density at radius 1 is 1.12 bits per heavy atom. The third kappa shape index (κ3) is 5.15. The van der Waals surface area contributed by atoms with Gasteiger partial charge in [0.15, 0.2) is 13.2 Å². The van der Waals surface area contributed by atoms with Crippen LogP contribution in [-0.4, -0.2) is 25.1 Å². The van der Waals surface area contributed by atoms with Gasteiger partial charge in [-0.25, -0.2) is 4.79 Å². The zero-order valence-electron chi connectivity index (χ0n) is 14.0. The lowest BCUT2D eigenvalue weighted by Gasteiger charge is -2.12. The fraction of sp³-hybridized carbons (Fsp3) is 0.333. The first-order chi connectivity index (χ1) is 11.5. The second kappa shape index (κ2) is 8.19. The van der Waals surface area contributed by atoms with Gasteiger partial charge in [-0.3, -0.25) is 4.79 Å². The molecular formula is C18H21NO5. The summed E-state index contributed by atoms with van der Waals surface area (Å²) in [5.74, 6) is 0.299. The summed E-state index contributed by atoms with van der Waals surface area (Å²) in [5.41, 5.74) is 3.04. The minimum atomic E-state index is -0.595. The molecule has 1 heterocycles. The third-order valence-electron chi connectivity index (χ3n) is 3.34. The van der Waals surface area contributed by atoms with Crippen molar-refractivity contribution < 1.29 is 23.5 Å². The van der Waals surface area contributed by atoms with Crippen molar-refractivity contribution in [3.8, 4) is 5.75 Å². The van der Waals surface area contributed by atoms with Gasteiger partial charge >= 0.3 is 5.97 Å². The highest BCUT2D eigenvalue weighted by Gasteiger charge is 2.11. The van der Waals surface area contributed by atoms with E-state index in [1.807, 2.05) is 32.9 Å². The van der Waals surface area contributed by atoms with Crippen molar-refractivity contribution in [1.29, 1.82) is 0 Å². The lowest BCUT2D eigenvalue weighted by atomic mass is 10.1. The Bertz CT molecular complexity index is 683. The second-order valence-electron chi connectivity index (χ2n) is 5.53. The topological polar surface area (TPSA) is 77.8 Å². The van der Waals surface area contributed by atoms with Gasteiger partial charge in [0.05, 0.1) is 12.8 Å². The highest BCUT2D eigenvalue weighted by molar-refractivity contribution is 5.80. The van der Waals surface area contributed by atoms with Crippen LogP contribution in [0.15, 0.2) is 34.9 Å². The first-order valence-corrected chi connectivity index (χ1v) is 7.61. The van der Waals surface area contributed by atoms with Crippen LogP contribution in [0.25, 0.3) is 0 Å². The molecule has 0 bridgehead atoms. The summed E-state index contributed by atoms with van der Waals surface area (Å²) in [5, 5.41) is 2.59. The Hall–Kier alpha value is -2.76. The predicted octanol–water partition coefficient (Wildman–Crippen LogP) is 2.44. The minimum absolute atomic E-state index is 0.240. The fourth-order valence-corrected chi connectivity index (χ4v) is 2.36. The maximum Gasteiger partial charge on any atom is 0.344 e. The predicted molar refractivity (Wildman–Crippen MR) is 87.7 cm³/mol. The number of carbonyl (C=O) groups excluding carboxylic acids is 2. The van der Waals surface area contributed by atoms with Crippen molar-refractivity contribution in [3.63, 3.8) is 0 Å². The molecule has 1 aromatic heterocycles. The molecule has 0 saturated carbocycles. The van der Waals surface area contributed by atoms with Crippen LogP contribution in [-0.2, 0) is 20.9 Å². The first-order valence-electron chi connectivity index (χ1n) is 7.61. The van der Waals surface area contributed by atoms with E-state index >= 15 is 0 Å². The molecular weight excluding hydrogens is 310 g/mol. The Morgan fingerprint density at radius 2 is 1.83 bits per heavy atom. The molecule has 0 unspecified atom stereocenters. The van der Waals surface area contributed by atoms with Gasteiger partial charge in [-0.2, -0.15) is 0 Å². The summed E-state index contributed by atoms with van der Waals surface area (Å²) in [6.07, 6.45) is 1.52. The number of amides is 1. The van der Waals surface area contributed by atoms with Gasteiger partial charge < -0.3 is 19.2 Å². The van der Waals surface area contributed by atoms with E-state index in [0.717, 1.165) is 16.7 Å². The minimum Gasteiger partial charge on any atom is -0.481 e. The number of nitrogens with one attached hydrogen (secondary N) is 1. The molecule has 0 aliphatic heterocycles. The van der Waals surface area contributed by atoms with Gasteiger partial charge in [0.25, 0.3) is 5.91 Å². The van der Waals surface area contributed by atoms with E-state index < -0.39 is 11.9 Å². The smallest absolute Gasteiger partial charge is 0.344 e. The molecule has 0 aliphatic rings. The van der Waals surface area contributed by atoms with Crippen LogP contribution in [0.2, 0.25) is 0 Å². The van der Waals surface area contributed by atoms with Crippen LogP contribution in [0.1, 0.15) is 22.5 Å². The molecule has 1 N–H and O–H groups in total. The molecule has 0 spiro atoms. The third-order valence-corrected chi connectivity index (χ3v) is 3.34. The van der Waals surface area contributed by atoms with Gasteiger partial charge in [-0.1, -0.05) is 17.7 Å². The lowest BCUT2D eigenvalue weighted by molar-refractivity contribution is -0.150. The second-order valence-corrected chi connectivity index (χ2v) is 5.53. The van der Waals surface area contributed by atoms with Crippen molar-refractivity contribution in [1.82, 2.24) is 5.32 Å². The number of esters is 1. The molecule has 1 amide bonds. The molecule has 1 aromatic carbocycles. The molecule has 2 aromatic rings. The molecule has 6 heteroatoms. The van der Waals surface area contributed by atoms with Crippen LogP contribution >= 0.6 is 0 Å². The number of hydrogen-bond acceptors (Lipinski definition) is 5. The number of carbonyl (C=O) groups is 2. The zero-order valence-corrected chi connectivity index (χ0v) is 14.0. The molecule has 0 fully saturated rings. The quantitative estimate of drug-likeness (QED) is 0.789. The van der Waals surface area contributed by atoms with E-state index in [0.29, 0.717) is 11.5 Å². The zero-order chi connectivity index (χ0) is 17.5. The van der Waals surface area contributed by atoms with E-state index in [2.05, 4.69) is 5.32 Å². The molecule has 0 aliphatic carbocycles. The SMILES string of the molecule is Cc1cc(C)c(OCC(=O)OCC(=O)NCc2ccco2)c(C)c1. The van der Waals surface area contributed by atoms with Crippen LogP contribution in [0.3, 0.4) is 0 Å². The number of aryl methyl sites for hydroxylation is 3. The van der Waals surface area contributed by atoms with E-state index in [1.165, 1.54) is 6.26 Å². The Kier molecular flexibility index (Phi) is 6.01. The standard InChI is InChI=1S/C18H21NO5/c1-12-7-13(2)18(14(3)8-12)24-11-17(21)23-10-16(20)19-9-15-5-4-6-22-15/h4-8H,9-11H2,1-3H3,(H,19,20). The van der Waals surface area contributed by atoms with Gasteiger partial charge in [0.2, 0.25) is 0 Å². The van der Waals surface area contributed by atoms with Crippen molar-refractivity contribution in [2.75, 3.05) is 13.2 Å². The van der Waals surface area contributed by atoms with Crippen molar-refractivity contribution in [3.05, 3.63) is 53.0 Å². The van der Waals surface area contributed by atoms with Gasteiger partial charge in [0.1, 0.15) is 11.5 Å². The number of hydrogen-bond donors (Lipinski definition) is 1. The molecule has 0 atom stereocenters. The average Bonchev–Trinajstić information content (AvgIpc) is 3.03. The van der Waals surface area contributed by atoms with Gasteiger partial charge in [-0.15, -0.1) is 0 Å². The Morgan fingerprint density at radius 3 is 2.46 bits per heavy atom. The summed E-state index contributed by atoms with van der Waals surface area (Å²) in [6.45, 7) is 5.50. The van der Waals surface area contributed by atoms with E-state index in [4.69, 9.17) is 13.9 Å². The highest BCUT2D eigenvalue weighted by atomic mass is 16.6. The van der Waals surface area contributed by atoms with Crippen LogP contribution in [0.4, 0.5) is 0 Å². The first kappa shape index (κ1) is 17.6. The van der Waals surface area contributed by atoms with Crippen LogP contribution in [0, 0.1) is 20.8 Å². The monoisotopic (exact) mass is 331 g/mol. The molecule has 0 radical (unpaired) electrons. The van der Waals surface area contributed by atoms with Crippen molar-refractivity contribution in [2.45, 2.75) is 27.3 Å². The summed E-state index contributed by atoms with van der Waals surface area (Å²) in [4.78, 5) is 23.3. The molecule has 2 rings (SSSR count). The Balaban J connectivity index is 1.72. The maximum absolute atomic E-state index is 11.7. The van der Waals surface area contributed by atoms with Crippen LogP contribution in [0.5, 0.6) is 5.75 Å². The maximum atomic E-state index is 11.7. The van der Waals surface area contributed by atoms with Gasteiger partial charge in [0, 0.05) is 0 Å². The summed E-state index contributed by atoms with van der Waals surface area (Å²) in [7, 11) is 0. The molecule has 24 heavy (non-hydrogen) atoms. The number of furan rings is 1. The largest absolute Gasteiger partial charge is 0.481 e. The summed E-state index contributed by atoms with van der Waals surface area (Å²) < 4.78 is 15.5. The number of ether oxygens (including phenoxy) is 2. The van der Waals surface area contributed by atoms with Gasteiger partial charge in [-0.05, 0) is 44.0 Å². The lowest BCUT2D eigenvalue weighted by Crippen LogP contribution is -2.29. The number of benzene rings is 1. The van der Waals surface area contributed by atoms with E-state index in [-0.39, 0.29) is 19.8 Å². The average molecular weight is 331 g/mol. The number of rotatable bonds is 7.